The summed E-state index contributed by atoms with van der Waals surface area (Å²) < 4.78 is 0. The Bertz CT molecular complexity index is 1210. The van der Waals surface area contributed by atoms with Crippen LogP contribution in [-0.4, -0.2) is 0 Å². The Hall–Kier alpha value is -2.86. The molecule has 0 aliphatic rings. The SMILES string of the molecule is Cc1cc2c3ccccc3ccc2c2ccc3ccccc3c12. The summed E-state index contributed by atoms with van der Waals surface area (Å²) in [6, 6.07) is 28.7. The van der Waals surface area contributed by atoms with Crippen molar-refractivity contribution in [3.05, 3.63) is 84.4 Å². The van der Waals surface area contributed by atoms with Crippen molar-refractivity contribution in [2.75, 3.05) is 0 Å². The van der Waals surface area contributed by atoms with Gasteiger partial charge in [0.25, 0.3) is 0 Å². The molecule has 0 aliphatic heterocycles. The Kier molecular flexibility index (Phi) is 2.51. The lowest BCUT2D eigenvalue weighted by molar-refractivity contribution is 1.57. The van der Waals surface area contributed by atoms with Crippen LogP contribution >= 0.6 is 0 Å². The van der Waals surface area contributed by atoms with Crippen molar-refractivity contribution < 1.29 is 0 Å². The number of aryl methyl sites for hydroxylation is 1. The molecule has 0 unspecified atom stereocenters. The summed E-state index contributed by atoms with van der Waals surface area (Å²) in [4.78, 5) is 0. The molecule has 5 rings (SSSR count). The molecule has 0 atom stereocenters. The molecule has 0 amide bonds. The lowest BCUT2D eigenvalue weighted by Gasteiger charge is -2.12. The van der Waals surface area contributed by atoms with Gasteiger partial charge in [0.1, 0.15) is 0 Å². The molecule has 5 aromatic carbocycles. The molecule has 0 radical (unpaired) electrons. The van der Waals surface area contributed by atoms with Crippen LogP contribution in [0, 0.1) is 6.92 Å². The summed E-state index contributed by atoms with van der Waals surface area (Å²) in [5.74, 6) is 0. The van der Waals surface area contributed by atoms with E-state index < -0.39 is 0 Å². The Morgan fingerprint density at radius 2 is 1.09 bits per heavy atom. The number of hydrogen-bond acceptors (Lipinski definition) is 0. The summed E-state index contributed by atoms with van der Waals surface area (Å²) in [5, 5.41) is 10.7. The smallest absolute Gasteiger partial charge is 0.00697 e. The Balaban J connectivity index is 2.09. The molecule has 108 valence electrons. The van der Waals surface area contributed by atoms with Gasteiger partial charge < -0.3 is 0 Å². The van der Waals surface area contributed by atoms with Gasteiger partial charge in [-0.2, -0.15) is 0 Å². The average Bonchev–Trinajstić information content (AvgIpc) is 2.61. The van der Waals surface area contributed by atoms with Crippen LogP contribution in [0.5, 0.6) is 0 Å². The van der Waals surface area contributed by atoms with E-state index in [0.717, 1.165) is 0 Å². The number of benzene rings is 5. The van der Waals surface area contributed by atoms with Crippen molar-refractivity contribution in [2.45, 2.75) is 6.92 Å². The summed E-state index contributed by atoms with van der Waals surface area (Å²) in [5.41, 5.74) is 1.35. The van der Waals surface area contributed by atoms with Crippen LogP contribution in [0.3, 0.4) is 0 Å². The van der Waals surface area contributed by atoms with Gasteiger partial charge in [0.2, 0.25) is 0 Å². The first kappa shape index (κ1) is 12.7. The van der Waals surface area contributed by atoms with E-state index in [0.29, 0.717) is 0 Å². The molecule has 0 N–H and O–H groups in total. The topological polar surface area (TPSA) is 0 Å². The predicted molar refractivity (Wildman–Crippen MR) is 101 cm³/mol. The molecule has 0 fully saturated rings. The van der Waals surface area contributed by atoms with E-state index in [-0.39, 0.29) is 0 Å². The highest BCUT2D eigenvalue weighted by molar-refractivity contribution is 6.23. The van der Waals surface area contributed by atoms with E-state index in [1.165, 1.54) is 48.7 Å². The second-order valence-electron chi connectivity index (χ2n) is 6.28. The van der Waals surface area contributed by atoms with E-state index in [1.807, 2.05) is 0 Å². The van der Waals surface area contributed by atoms with Gasteiger partial charge in [0, 0.05) is 0 Å². The molecular weight excluding hydrogens is 276 g/mol. The molecular formula is C23H16. The second kappa shape index (κ2) is 4.57. The molecule has 0 bridgehead atoms. The fraction of sp³-hybridized carbons (Fsp3) is 0.0435. The number of fused-ring (bicyclic) bond motifs is 7. The normalized spacial score (nSPS) is 11.7. The van der Waals surface area contributed by atoms with E-state index in [9.17, 15) is 0 Å². The fourth-order valence-electron chi connectivity index (χ4n) is 3.90. The van der Waals surface area contributed by atoms with Crippen LogP contribution < -0.4 is 0 Å². The van der Waals surface area contributed by atoms with Gasteiger partial charge in [-0.3, -0.25) is 0 Å². The van der Waals surface area contributed by atoms with Crippen LogP contribution in [0.4, 0.5) is 0 Å². The maximum atomic E-state index is 2.35. The Morgan fingerprint density at radius 1 is 0.478 bits per heavy atom. The first-order valence-electron chi connectivity index (χ1n) is 8.05. The highest BCUT2D eigenvalue weighted by Gasteiger charge is 2.09. The maximum Gasteiger partial charge on any atom is -0.00697 e. The molecule has 0 aliphatic carbocycles. The summed E-state index contributed by atoms with van der Waals surface area (Å²) in [6.07, 6.45) is 0. The standard InChI is InChI=1S/C23H16/c1-15-14-22-18-8-4-2-6-16(18)10-12-20(22)21-13-11-17-7-3-5-9-19(17)23(15)21/h2-14H,1H3. The third kappa shape index (κ3) is 1.72. The lowest BCUT2D eigenvalue weighted by Crippen LogP contribution is -1.86. The molecule has 5 aromatic rings. The molecule has 0 spiro atoms. The van der Waals surface area contributed by atoms with E-state index in [2.05, 4.69) is 85.8 Å². The molecule has 23 heavy (non-hydrogen) atoms. The third-order valence-corrected chi connectivity index (χ3v) is 4.95. The van der Waals surface area contributed by atoms with Crippen molar-refractivity contribution in [2.24, 2.45) is 0 Å². The van der Waals surface area contributed by atoms with Crippen LogP contribution in [-0.2, 0) is 0 Å². The van der Waals surface area contributed by atoms with Gasteiger partial charge in [-0.1, -0.05) is 78.9 Å². The van der Waals surface area contributed by atoms with E-state index >= 15 is 0 Å². The van der Waals surface area contributed by atoms with Gasteiger partial charge >= 0.3 is 0 Å². The van der Waals surface area contributed by atoms with Gasteiger partial charge in [0.05, 0.1) is 0 Å². The zero-order valence-electron chi connectivity index (χ0n) is 13.0. The number of rotatable bonds is 0. The summed E-state index contributed by atoms with van der Waals surface area (Å²) >= 11 is 0. The number of hydrogen-bond donors (Lipinski definition) is 0. The average molecular weight is 292 g/mol. The minimum absolute atomic E-state index is 1.31. The maximum absolute atomic E-state index is 2.35. The van der Waals surface area contributed by atoms with Crippen LogP contribution in [0.15, 0.2) is 78.9 Å². The zero-order valence-corrected chi connectivity index (χ0v) is 13.0. The lowest BCUT2D eigenvalue weighted by atomic mass is 9.91. The first-order valence-corrected chi connectivity index (χ1v) is 8.05. The minimum Gasteiger partial charge on any atom is -0.0616 e. The monoisotopic (exact) mass is 292 g/mol. The fourth-order valence-corrected chi connectivity index (χ4v) is 3.90. The molecule has 0 saturated heterocycles. The third-order valence-electron chi connectivity index (χ3n) is 4.95. The summed E-state index contributed by atoms with van der Waals surface area (Å²) in [6.45, 7) is 2.23. The molecule has 0 nitrogen and oxygen atoms in total. The van der Waals surface area contributed by atoms with Gasteiger partial charge in [-0.25, -0.2) is 0 Å². The van der Waals surface area contributed by atoms with Gasteiger partial charge in [-0.15, -0.1) is 0 Å². The molecule has 0 aromatic heterocycles. The minimum atomic E-state index is 1.31. The van der Waals surface area contributed by atoms with Crippen molar-refractivity contribution in [3.8, 4) is 0 Å². The van der Waals surface area contributed by atoms with Crippen molar-refractivity contribution in [1.29, 1.82) is 0 Å². The second-order valence-corrected chi connectivity index (χ2v) is 6.28. The van der Waals surface area contributed by atoms with Crippen LogP contribution in [0.25, 0.3) is 43.1 Å². The highest BCUT2D eigenvalue weighted by atomic mass is 14.1. The van der Waals surface area contributed by atoms with Crippen LogP contribution in [0.2, 0.25) is 0 Å². The Morgan fingerprint density at radius 3 is 1.87 bits per heavy atom. The van der Waals surface area contributed by atoms with Gasteiger partial charge in [0.15, 0.2) is 0 Å². The Labute approximate surface area is 135 Å². The highest BCUT2D eigenvalue weighted by Crippen LogP contribution is 2.36. The van der Waals surface area contributed by atoms with E-state index in [4.69, 9.17) is 0 Å². The molecule has 0 heterocycles. The molecule has 0 saturated carbocycles. The summed E-state index contributed by atoms with van der Waals surface area (Å²) in [7, 11) is 0. The van der Waals surface area contributed by atoms with Crippen molar-refractivity contribution >= 4 is 43.1 Å². The van der Waals surface area contributed by atoms with E-state index in [1.54, 1.807) is 0 Å². The largest absolute Gasteiger partial charge is 0.0616 e. The van der Waals surface area contributed by atoms with Crippen LogP contribution in [0.1, 0.15) is 5.56 Å². The van der Waals surface area contributed by atoms with Crippen molar-refractivity contribution in [1.82, 2.24) is 0 Å². The zero-order chi connectivity index (χ0) is 15.4. The predicted octanol–water partition coefficient (Wildman–Crippen LogP) is 6.61. The van der Waals surface area contributed by atoms with Gasteiger partial charge in [-0.05, 0) is 55.6 Å². The molecule has 0 heteroatoms. The van der Waals surface area contributed by atoms with Crippen molar-refractivity contribution in [3.63, 3.8) is 0 Å². The first-order chi connectivity index (χ1) is 11.3. The quantitative estimate of drug-likeness (QED) is 0.282.